The lowest BCUT2D eigenvalue weighted by Crippen LogP contribution is -2.34. The minimum Gasteiger partial charge on any atom is -0.322 e. The molecule has 1 aromatic heterocycles. The molecule has 20 heavy (non-hydrogen) atoms. The Morgan fingerprint density at radius 2 is 1.30 bits per heavy atom. The molecule has 1 aromatic rings. The minimum atomic E-state index is -5.22. The molecule has 0 atom stereocenters. The van der Waals surface area contributed by atoms with E-state index >= 15 is 0 Å². The molecule has 0 saturated heterocycles. The van der Waals surface area contributed by atoms with Gasteiger partial charge in [0, 0.05) is 12.1 Å². The van der Waals surface area contributed by atoms with Crippen LogP contribution in [0.1, 0.15) is 19.9 Å². The minimum absolute atomic E-state index is 0.575. The molecule has 0 aliphatic rings. The van der Waals surface area contributed by atoms with Gasteiger partial charge >= 0.3 is 19.0 Å². The van der Waals surface area contributed by atoms with Crippen molar-refractivity contribution in [3.63, 3.8) is 0 Å². The molecule has 0 aromatic carbocycles. The molecule has 0 amide bonds. The van der Waals surface area contributed by atoms with Gasteiger partial charge < -0.3 is 19.6 Å². The number of hydrogen-bond donors (Lipinski definition) is 4. The number of hydrogen-bond acceptors (Lipinski definition) is 2. The van der Waals surface area contributed by atoms with Crippen LogP contribution >= 0.6 is 38.4 Å². The first-order valence-electron chi connectivity index (χ1n) is 5.25. The topological polar surface area (TPSA) is 119 Å². The van der Waals surface area contributed by atoms with Crippen molar-refractivity contribution in [2.45, 2.75) is 23.7 Å². The summed E-state index contributed by atoms with van der Waals surface area (Å²) in [4.78, 5) is 32.9. The molecule has 1 rings (SSSR count). The maximum absolute atomic E-state index is 10.2. The van der Waals surface area contributed by atoms with Crippen LogP contribution in [0, 0.1) is 0 Å². The van der Waals surface area contributed by atoms with E-state index in [2.05, 4.69) is 30.8 Å². The normalized spacial score (nSPS) is 12.8. The van der Waals surface area contributed by atoms with Gasteiger partial charge in [0.15, 0.2) is 18.4 Å². The van der Waals surface area contributed by atoms with Crippen molar-refractivity contribution >= 4 is 38.4 Å². The highest BCUT2D eigenvalue weighted by Gasteiger charge is 2.58. The van der Waals surface area contributed by atoms with Gasteiger partial charge in [0.1, 0.15) is 0 Å². The van der Waals surface area contributed by atoms with E-state index in [1.807, 2.05) is 18.2 Å². The second-order valence-corrected chi connectivity index (χ2v) is 10.3. The third-order valence-corrected chi connectivity index (χ3v) is 7.64. The molecular formula is C9H16Cl2NO6P2+. The third-order valence-electron chi connectivity index (χ3n) is 2.04. The average molecular weight is 367 g/mol. The number of halogens is 2. The Morgan fingerprint density at radius 3 is 1.45 bits per heavy atom. The van der Waals surface area contributed by atoms with E-state index in [1.54, 1.807) is 0 Å². The van der Waals surface area contributed by atoms with Crippen molar-refractivity contribution in [3.05, 3.63) is 30.6 Å². The Bertz CT molecular complexity index is 488. The number of alkyl halides is 2. The summed E-state index contributed by atoms with van der Waals surface area (Å²) < 4.78 is 19.3. The largest absolute Gasteiger partial charge is 0.373 e. The summed E-state index contributed by atoms with van der Waals surface area (Å²) in [5.74, 6) is 0. The van der Waals surface area contributed by atoms with Crippen LogP contribution in [0.5, 0.6) is 0 Å². The number of rotatable bonds is 3. The molecule has 11 heteroatoms. The van der Waals surface area contributed by atoms with Crippen LogP contribution in [-0.2, 0) is 9.13 Å². The van der Waals surface area contributed by atoms with Crippen LogP contribution in [0.4, 0.5) is 0 Å². The maximum Gasteiger partial charge on any atom is 0.373 e. The number of aromatic nitrogens is 1. The zero-order valence-electron chi connectivity index (χ0n) is 10.7. The van der Waals surface area contributed by atoms with E-state index in [0.29, 0.717) is 6.04 Å². The Balaban J connectivity index is 0.000000367. The Morgan fingerprint density at radius 1 is 0.950 bits per heavy atom. The predicted molar refractivity (Wildman–Crippen MR) is 75.5 cm³/mol. The summed E-state index contributed by atoms with van der Waals surface area (Å²) in [7, 11) is -10.4. The lowest BCUT2D eigenvalue weighted by Gasteiger charge is -2.20. The van der Waals surface area contributed by atoms with Gasteiger partial charge in [0.05, 0.1) is 0 Å². The standard InChI is InChI=1S/C8H12N.CH4Cl2O6P2/c1-8(2)9-6-4-3-5-7-9;2-1(3,10(4,5)6)11(7,8)9/h3-8H,1-2H3;(H2,4,5,6)(H2,7,8,9)/q+1;. The predicted octanol–water partition coefficient (Wildman–Crippen LogP) is 1.99. The molecule has 0 saturated carbocycles. The Labute approximate surface area is 126 Å². The van der Waals surface area contributed by atoms with Crippen LogP contribution in [0.3, 0.4) is 0 Å². The third kappa shape index (κ3) is 5.80. The first-order chi connectivity index (χ1) is 8.80. The quantitative estimate of drug-likeness (QED) is 0.369. The fourth-order valence-electron chi connectivity index (χ4n) is 0.926. The number of nitrogens with zero attached hydrogens (tertiary/aromatic N) is 1. The van der Waals surface area contributed by atoms with Crippen LogP contribution in [0.15, 0.2) is 30.6 Å². The van der Waals surface area contributed by atoms with Gasteiger partial charge in [-0.25, -0.2) is 4.57 Å². The van der Waals surface area contributed by atoms with Crippen LogP contribution < -0.4 is 4.57 Å². The summed E-state index contributed by atoms with van der Waals surface area (Å²) in [5, 5.41) is 0. The molecule has 0 aliphatic heterocycles. The molecule has 0 aliphatic carbocycles. The first-order valence-corrected chi connectivity index (χ1v) is 9.23. The summed E-state index contributed by atoms with van der Waals surface area (Å²) in [6, 6.07) is 6.69. The molecule has 0 radical (unpaired) electrons. The van der Waals surface area contributed by atoms with E-state index in [-0.39, 0.29) is 0 Å². The molecule has 0 fully saturated rings. The molecule has 7 nitrogen and oxygen atoms in total. The van der Waals surface area contributed by atoms with Crippen LogP contribution in [0.25, 0.3) is 0 Å². The fourth-order valence-corrected chi connectivity index (χ4v) is 2.28. The van der Waals surface area contributed by atoms with Crippen LogP contribution in [0.2, 0.25) is 0 Å². The molecule has 0 bridgehead atoms. The molecule has 116 valence electrons. The maximum atomic E-state index is 10.2. The first kappa shape index (κ1) is 20.0. The fraction of sp³-hybridized carbons (Fsp3) is 0.444. The Hall–Kier alpha value is 0.0300. The lowest BCUT2D eigenvalue weighted by atomic mass is 10.3. The second kappa shape index (κ2) is 7.34. The second-order valence-electron chi connectivity index (χ2n) is 4.01. The van der Waals surface area contributed by atoms with Crippen molar-refractivity contribution in [1.29, 1.82) is 0 Å². The lowest BCUT2D eigenvalue weighted by molar-refractivity contribution is -0.716. The molecular weight excluding hydrogens is 351 g/mol. The van der Waals surface area contributed by atoms with E-state index in [9.17, 15) is 9.13 Å². The molecule has 4 N–H and O–H groups in total. The smallest absolute Gasteiger partial charge is 0.322 e. The zero-order valence-corrected chi connectivity index (χ0v) is 14.0. The van der Waals surface area contributed by atoms with Crippen molar-refractivity contribution < 1.29 is 33.3 Å². The van der Waals surface area contributed by atoms with Crippen molar-refractivity contribution in [1.82, 2.24) is 0 Å². The highest BCUT2D eigenvalue weighted by Crippen LogP contribution is 2.73. The number of pyridine rings is 1. The van der Waals surface area contributed by atoms with Gasteiger partial charge in [0.25, 0.3) is 0 Å². The van der Waals surface area contributed by atoms with E-state index in [4.69, 9.17) is 42.8 Å². The van der Waals surface area contributed by atoms with Crippen LogP contribution in [-0.4, -0.2) is 23.4 Å². The summed E-state index contributed by atoms with van der Waals surface area (Å²) in [5.41, 5.74) is 0. The molecule has 0 unspecified atom stereocenters. The van der Waals surface area contributed by atoms with Crippen molar-refractivity contribution in [2.75, 3.05) is 0 Å². The highest BCUT2D eigenvalue weighted by molar-refractivity contribution is 7.78. The average Bonchev–Trinajstić information content (AvgIpc) is 2.28. The highest BCUT2D eigenvalue weighted by atomic mass is 35.5. The van der Waals surface area contributed by atoms with Gasteiger partial charge in [-0.1, -0.05) is 29.3 Å². The Kier molecular flexibility index (Phi) is 7.35. The zero-order chi connectivity index (χ0) is 16.2. The molecule has 0 spiro atoms. The summed E-state index contributed by atoms with van der Waals surface area (Å²) in [6.45, 7) is 4.33. The van der Waals surface area contributed by atoms with Gasteiger partial charge in [-0.15, -0.1) is 0 Å². The van der Waals surface area contributed by atoms with E-state index < -0.39 is 19.0 Å². The van der Waals surface area contributed by atoms with Gasteiger partial charge in [-0.3, -0.25) is 9.13 Å². The van der Waals surface area contributed by atoms with Crippen molar-refractivity contribution in [3.8, 4) is 0 Å². The molecule has 1 heterocycles. The van der Waals surface area contributed by atoms with E-state index in [0.717, 1.165) is 0 Å². The summed E-state index contributed by atoms with van der Waals surface area (Å²) >= 11 is 9.46. The van der Waals surface area contributed by atoms with Gasteiger partial charge in [-0.2, -0.15) is 0 Å². The summed E-state index contributed by atoms with van der Waals surface area (Å²) in [6.07, 6.45) is 4.15. The SMILES string of the molecule is CC(C)[n+]1ccccc1.O=P(O)(O)C(Cl)(Cl)P(=O)(O)O. The van der Waals surface area contributed by atoms with E-state index in [1.165, 1.54) is 0 Å². The van der Waals surface area contributed by atoms with Gasteiger partial charge in [0.2, 0.25) is 0 Å². The monoisotopic (exact) mass is 366 g/mol. The van der Waals surface area contributed by atoms with Gasteiger partial charge in [-0.05, 0) is 13.8 Å². The van der Waals surface area contributed by atoms with Crippen molar-refractivity contribution in [2.24, 2.45) is 0 Å².